The number of carboxylic acids is 1. The second-order valence-electron chi connectivity index (χ2n) is 8.16. The van der Waals surface area contributed by atoms with E-state index in [4.69, 9.17) is 19.4 Å². The fourth-order valence-electron chi connectivity index (χ4n) is 4.27. The van der Waals surface area contributed by atoms with E-state index in [2.05, 4.69) is 4.90 Å². The van der Waals surface area contributed by atoms with Crippen molar-refractivity contribution < 1.29 is 37.3 Å². The molecule has 2 aliphatic heterocycles. The molecule has 4 rings (SSSR count). The van der Waals surface area contributed by atoms with Crippen LogP contribution in [-0.4, -0.2) is 90.6 Å². The number of nitrogens with zero attached hydrogens (tertiary/aromatic N) is 2. The van der Waals surface area contributed by atoms with Crippen LogP contribution in [0.4, 0.5) is 13.2 Å². The van der Waals surface area contributed by atoms with Crippen LogP contribution in [0, 0.1) is 5.92 Å². The number of rotatable bonds is 5. The van der Waals surface area contributed by atoms with Crippen molar-refractivity contribution in [2.24, 2.45) is 5.92 Å². The van der Waals surface area contributed by atoms with Crippen LogP contribution in [0.3, 0.4) is 0 Å². The molecule has 1 N–H and O–H groups in total. The number of fused-ring (bicyclic) bond motifs is 1. The normalized spacial score (nSPS) is 29.9. The maximum atomic E-state index is 12.1. The van der Waals surface area contributed by atoms with E-state index in [1.165, 1.54) is 19.4 Å². The van der Waals surface area contributed by atoms with Gasteiger partial charge in [-0.15, -0.1) is 0 Å². The summed E-state index contributed by atoms with van der Waals surface area (Å²) in [4.78, 5) is 25.6. The van der Waals surface area contributed by atoms with E-state index in [0.29, 0.717) is 6.04 Å². The molecule has 0 unspecified atom stereocenters. The standard InChI is InChI=1S/C17H28N2O3.C2HF3O2/c20-16(18-7-1-2-8-18)12-22-15-6-5-14-17(15)21-10-9-19(14)11-13-3-4-13;3-2(4,5)1(6)7/h13-15,17H,1-12H2;(H,6,7)/t14-,15+,17+;/m0./s1. The Labute approximate surface area is 168 Å². The molecule has 29 heavy (non-hydrogen) atoms. The van der Waals surface area contributed by atoms with E-state index in [9.17, 15) is 18.0 Å². The van der Waals surface area contributed by atoms with Crippen LogP contribution in [0.5, 0.6) is 0 Å². The monoisotopic (exact) mass is 422 g/mol. The smallest absolute Gasteiger partial charge is 0.475 e. The highest BCUT2D eigenvalue weighted by molar-refractivity contribution is 5.77. The summed E-state index contributed by atoms with van der Waals surface area (Å²) in [6, 6.07) is 0.515. The molecule has 0 aromatic rings. The topological polar surface area (TPSA) is 79.3 Å². The summed E-state index contributed by atoms with van der Waals surface area (Å²) in [6.45, 7) is 5.17. The predicted molar refractivity (Wildman–Crippen MR) is 96.3 cm³/mol. The predicted octanol–water partition coefficient (Wildman–Crippen LogP) is 1.90. The molecule has 1 amide bonds. The fraction of sp³-hybridized carbons (Fsp3) is 0.895. The van der Waals surface area contributed by atoms with Gasteiger partial charge in [-0.05, 0) is 44.4 Å². The third-order valence-electron chi connectivity index (χ3n) is 5.96. The molecule has 0 aromatic heterocycles. The Hall–Kier alpha value is -1.39. The summed E-state index contributed by atoms with van der Waals surface area (Å²) in [5, 5.41) is 7.12. The van der Waals surface area contributed by atoms with Crippen LogP contribution in [0.2, 0.25) is 0 Å². The highest BCUT2D eigenvalue weighted by atomic mass is 19.4. The quantitative estimate of drug-likeness (QED) is 0.729. The van der Waals surface area contributed by atoms with Crippen molar-refractivity contribution in [3.05, 3.63) is 0 Å². The van der Waals surface area contributed by atoms with E-state index in [-0.39, 0.29) is 24.7 Å². The van der Waals surface area contributed by atoms with Crippen molar-refractivity contribution in [2.45, 2.75) is 63.0 Å². The Morgan fingerprint density at radius 2 is 1.72 bits per heavy atom. The van der Waals surface area contributed by atoms with Gasteiger partial charge in [0, 0.05) is 32.2 Å². The molecule has 2 aliphatic carbocycles. The van der Waals surface area contributed by atoms with Gasteiger partial charge in [0.2, 0.25) is 5.91 Å². The fourth-order valence-corrected chi connectivity index (χ4v) is 4.27. The third-order valence-corrected chi connectivity index (χ3v) is 5.96. The molecule has 0 radical (unpaired) electrons. The summed E-state index contributed by atoms with van der Waals surface area (Å²) >= 11 is 0. The Balaban J connectivity index is 0.000000298. The van der Waals surface area contributed by atoms with Gasteiger partial charge in [0.25, 0.3) is 0 Å². The van der Waals surface area contributed by atoms with Crippen molar-refractivity contribution in [1.82, 2.24) is 9.80 Å². The average Bonchev–Trinajstić information content (AvgIpc) is 3.16. The molecule has 3 atom stereocenters. The number of hydrogen-bond donors (Lipinski definition) is 1. The van der Waals surface area contributed by atoms with Crippen molar-refractivity contribution in [3.8, 4) is 0 Å². The lowest BCUT2D eigenvalue weighted by Crippen LogP contribution is -2.52. The molecule has 166 valence electrons. The van der Waals surface area contributed by atoms with E-state index in [0.717, 1.165) is 57.8 Å². The van der Waals surface area contributed by atoms with E-state index in [1.54, 1.807) is 0 Å². The zero-order chi connectivity index (χ0) is 21.0. The molecule has 7 nitrogen and oxygen atoms in total. The van der Waals surface area contributed by atoms with Crippen molar-refractivity contribution in [3.63, 3.8) is 0 Å². The van der Waals surface area contributed by atoms with Crippen LogP contribution in [0.25, 0.3) is 0 Å². The van der Waals surface area contributed by atoms with Crippen molar-refractivity contribution in [2.75, 3.05) is 39.4 Å². The number of carboxylic acid groups (broad SMARTS) is 1. The van der Waals surface area contributed by atoms with E-state index >= 15 is 0 Å². The molecule has 10 heteroatoms. The third kappa shape index (κ3) is 6.29. The second kappa shape index (κ2) is 9.61. The number of hydrogen-bond acceptors (Lipinski definition) is 5. The number of ether oxygens (including phenoxy) is 2. The number of carbonyl (C=O) groups excluding carboxylic acids is 1. The molecule has 0 bridgehead atoms. The van der Waals surface area contributed by atoms with Gasteiger partial charge in [0.15, 0.2) is 0 Å². The van der Waals surface area contributed by atoms with Crippen LogP contribution < -0.4 is 0 Å². The van der Waals surface area contributed by atoms with Crippen LogP contribution in [-0.2, 0) is 19.1 Å². The van der Waals surface area contributed by atoms with Gasteiger partial charge in [-0.2, -0.15) is 13.2 Å². The summed E-state index contributed by atoms with van der Waals surface area (Å²) in [5.41, 5.74) is 0. The molecule has 2 saturated carbocycles. The number of likely N-dealkylation sites (tertiary alicyclic amines) is 1. The average molecular weight is 422 g/mol. The number of morpholine rings is 1. The summed E-state index contributed by atoms with van der Waals surface area (Å²) in [7, 11) is 0. The Morgan fingerprint density at radius 3 is 2.31 bits per heavy atom. The zero-order valence-corrected chi connectivity index (χ0v) is 16.4. The minimum atomic E-state index is -5.08. The lowest BCUT2D eigenvalue weighted by molar-refractivity contribution is -0.192. The SMILES string of the molecule is O=C(CO[C@@H]1CC[C@H]2[C@H]1OCCN2CC1CC1)N1CCCC1.O=C(O)C(F)(F)F. The molecule has 0 spiro atoms. The maximum Gasteiger partial charge on any atom is 0.490 e. The van der Waals surface area contributed by atoms with E-state index in [1.807, 2.05) is 4.90 Å². The Kier molecular flexibility index (Phi) is 7.39. The second-order valence-corrected chi connectivity index (χ2v) is 8.16. The number of alkyl halides is 3. The molecular weight excluding hydrogens is 393 g/mol. The summed E-state index contributed by atoms with van der Waals surface area (Å²) < 4.78 is 43.7. The van der Waals surface area contributed by atoms with Gasteiger partial charge < -0.3 is 19.5 Å². The molecule has 2 heterocycles. The van der Waals surface area contributed by atoms with Crippen LogP contribution >= 0.6 is 0 Å². The lowest BCUT2D eigenvalue weighted by Gasteiger charge is -2.39. The van der Waals surface area contributed by atoms with Crippen molar-refractivity contribution in [1.29, 1.82) is 0 Å². The minimum Gasteiger partial charge on any atom is -0.475 e. The first-order valence-corrected chi connectivity index (χ1v) is 10.3. The van der Waals surface area contributed by atoms with Gasteiger partial charge in [-0.1, -0.05) is 0 Å². The number of halogens is 3. The van der Waals surface area contributed by atoms with Crippen LogP contribution in [0.1, 0.15) is 38.5 Å². The van der Waals surface area contributed by atoms with Gasteiger partial charge in [-0.3, -0.25) is 9.69 Å². The summed E-state index contributed by atoms with van der Waals surface area (Å²) in [5.74, 6) is -1.67. The first-order chi connectivity index (χ1) is 13.8. The zero-order valence-electron chi connectivity index (χ0n) is 16.4. The largest absolute Gasteiger partial charge is 0.490 e. The Morgan fingerprint density at radius 1 is 1.07 bits per heavy atom. The molecular formula is C19H29F3N2O5. The van der Waals surface area contributed by atoms with Crippen molar-refractivity contribution >= 4 is 11.9 Å². The van der Waals surface area contributed by atoms with Gasteiger partial charge in [0.05, 0.1) is 18.8 Å². The first-order valence-electron chi connectivity index (χ1n) is 10.3. The lowest BCUT2D eigenvalue weighted by atomic mass is 10.1. The first kappa shape index (κ1) is 22.3. The van der Waals surface area contributed by atoms with Crippen LogP contribution in [0.15, 0.2) is 0 Å². The molecule has 4 aliphatic rings. The Bertz CT molecular complexity index is 579. The van der Waals surface area contributed by atoms with Gasteiger partial charge >= 0.3 is 12.1 Å². The molecule has 4 fully saturated rings. The maximum absolute atomic E-state index is 12.1. The number of aliphatic carboxylic acids is 1. The highest BCUT2D eigenvalue weighted by Gasteiger charge is 2.44. The van der Waals surface area contributed by atoms with Gasteiger partial charge in [0.1, 0.15) is 6.61 Å². The minimum absolute atomic E-state index is 0.110. The van der Waals surface area contributed by atoms with Gasteiger partial charge in [-0.25, -0.2) is 4.79 Å². The molecule has 0 aromatic carbocycles. The number of amides is 1. The molecule has 2 saturated heterocycles. The van der Waals surface area contributed by atoms with E-state index < -0.39 is 12.1 Å². The highest BCUT2D eigenvalue weighted by Crippen LogP contribution is 2.36. The summed E-state index contributed by atoms with van der Waals surface area (Å²) in [6.07, 6.45) is 2.47. The number of carbonyl (C=O) groups is 2.